The summed E-state index contributed by atoms with van der Waals surface area (Å²) < 4.78 is 5.18. The Labute approximate surface area is 97.2 Å². The van der Waals surface area contributed by atoms with Crippen LogP contribution in [0.4, 0.5) is 0 Å². The second-order valence-corrected chi connectivity index (χ2v) is 5.54. The maximum atomic E-state index is 11.9. The molecule has 3 saturated carbocycles. The molecule has 0 aliphatic heterocycles. The molecule has 0 heterocycles. The number of rotatable bonds is 5. The van der Waals surface area contributed by atoms with Crippen molar-refractivity contribution in [3.63, 3.8) is 0 Å². The van der Waals surface area contributed by atoms with Gasteiger partial charge >= 0.3 is 5.97 Å². The van der Waals surface area contributed by atoms with Crippen molar-refractivity contribution in [3.8, 4) is 0 Å². The Kier molecular flexibility index (Phi) is 3.24. The van der Waals surface area contributed by atoms with Gasteiger partial charge in [0.2, 0.25) is 0 Å². The molecule has 0 spiro atoms. The van der Waals surface area contributed by atoms with Crippen LogP contribution in [0.3, 0.4) is 0 Å². The highest BCUT2D eigenvalue weighted by molar-refractivity contribution is 5.78. The minimum Gasteiger partial charge on any atom is -0.466 e. The molecular weight excluding hydrogens is 204 g/mol. The quantitative estimate of drug-likeness (QED) is 0.731. The van der Waals surface area contributed by atoms with E-state index in [0.29, 0.717) is 12.0 Å². The Bertz CT molecular complexity index is 266. The molecule has 3 rings (SSSR count). The number of carbonyl (C=O) groups excluding carboxylic acids is 1. The zero-order chi connectivity index (χ0) is 11.6. The molecule has 16 heavy (non-hydrogen) atoms. The normalized spacial score (nSPS) is 36.6. The summed E-state index contributed by atoms with van der Waals surface area (Å²) in [7, 11) is 0. The predicted molar refractivity (Wildman–Crippen MR) is 60.9 cm³/mol. The van der Waals surface area contributed by atoms with Crippen molar-refractivity contribution in [2.24, 2.45) is 10.8 Å². The Morgan fingerprint density at radius 2 is 2.12 bits per heavy atom. The first-order chi connectivity index (χ1) is 7.66. The number of ether oxygens (including phenoxy) is 1. The van der Waals surface area contributed by atoms with E-state index in [1.165, 1.54) is 6.42 Å². The molecule has 3 aliphatic carbocycles. The lowest BCUT2D eigenvalue weighted by molar-refractivity contribution is -0.183. The third-order valence-electron chi connectivity index (χ3n) is 4.36. The van der Waals surface area contributed by atoms with E-state index >= 15 is 0 Å². The van der Waals surface area contributed by atoms with Crippen LogP contribution in [0.2, 0.25) is 0 Å². The van der Waals surface area contributed by atoms with Gasteiger partial charge in [-0.2, -0.15) is 0 Å². The molecule has 0 aromatic heterocycles. The van der Waals surface area contributed by atoms with Crippen molar-refractivity contribution >= 4 is 5.97 Å². The molecule has 0 saturated heterocycles. The van der Waals surface area contributed by atoms with Gasteiger partial charge < -0.3 is 9.84 Å². The van der Waals surface area contributed by atoms with Crippen LogP contribution in [0.15, 0.2) is 0 Å². The van der Waals surface area contributed by atoms with Gasteiger partial charge in [0, 0.05) is 6.61 Å². The third-order valence-corrected chi connectivity index (χ3v) is 4.36. The van der Waals surface area contributed by atoms with Gasteiger partial charge in [0.25, 0.3) is 0 Å². The van der Waals surface area contributed by atoms with E-state index in [1.54, 1.807) is 0 Å². The fourth-order valence-corrected chi connectivity index (χ4v) is 3.83. The zero-order valence-corrected chi connectivity index (χ0v) is 10.1. The fraction of sp³-hybridized carbons (Fsp3) is 0.923. The number of hydrogen-bond donors (Lipinski definition) is 1. The van der Waals surface area contributed by atoms with Crippen LogP contribution in [0.25, 0.3) is 0 Å². The van der Waals surface area contributed by atoms with Crippen molar-refractivity contribution < 1.29 is 14.6 Å². The van der Waals surface area contributed by atoms with Gasteiger partial charge in [0.15, 0.2) is 0 Å². The lowest BCUT2D eigenvalue weighted by Gasteiger charge is -2.59. The first kappa shape index (κ1) is 11.9. The first-order valence-electron chi connectivity index (χ1n) is 6.45. The van der Waals surface area contributed by atoms with Crippen LogP contribution in [0.5, 0.6) is 0 Å². The first-order valence-corrected chi connectivity index (χ1v) is 6.45. The molecule has 0 unspecified atom stereocenters. The summed E-state index contributed by atoms with van der Waals surface area (Å²) in [4.78, 5) is 11.9. The predicted octanol–water partition coefficient (Wildman–Crippen LogP) is 2.27. The van der Waals surface area contributed by atoms with Crippen LogP contribution in [0.1, 0.15) is 51.9 Å². The number of aliphatic hydroxyl groups excluding tert-OH is 1. The van der Waals surface area contributed by atoms with Gasteiger partial charge in [-0.25, -0.2) is 0 Å². The number of esters is 1. The lowest BCUT2D eigenvalue weighted by Crippen LogP contribution is -2.55. The minimum absolute atomic E-state index is 0.0225. The molecule has 1 N–H and O–H groups in total. The van der Waals surface area contributed by atoms with Crippen LogP contribution in [-0.4, -0.2) is 24.3 Å². The van der Waals surface area contributed by atoms with Crippen molar-refractivity contribution in [1.82, 2.24) is 0 Å². The van der Waals surface area contributed by atoms with E-state index in [0.717, 1.165) is 38.5 Å². The highest BCUT2D eigenvalue weighted by atomic mass is 16.5. The zero-order valence-electron chi connectivity index (χ0n) is 10.1. The third kappa shape index (κ3) is 1.86. The van der Waals surface area contributed by atoms with Gasteiger partial charge in [-0.3, -0.25) is 4.79 Å². The molecule has 0 atom stereocenters. The SMILES string of the molecule is CCOC(=O)C12CCCC(CCCO)(C1)C2. The lowest BCUT2D eigenvalue weighted by atomic mass is 9.44. The monoisotopic (exact) mass is 226 g/mol. The highest BCUT2D eigenvalue weighted by Gasteiger charge is 2.60. The Hall–Kier alpha value is -0.570. The van der Waals surface area contributed by atoms with E-state index in [1.807, 2.05) is 6.92 Å². The van der Waals surface area contributed by atoms with Crippen LogP contribution in [0, 0.1) is 10.8 Å². The number of hydrogen-bond acceptors (Lipinski definition) is 3. The molecule has 3 aliphatic rings. The molecule has 0 aromatic carbocycles. The maximum absolute atomic E-state index is 11.9. The Balaban J connectivity index is 1.95. The summed E-state index contributed by atoms with van der Waals surface area (Å²) in [6, 6.07) is 0. The molecule has 0 aromatic rings. The second kappa shape index (κ2) is 4.36. The van der Waals surface area contributed by atoms with Crippen LogP contribution >= 0.6 is 0 Å². The largest absolute Gasteiger partial charge is 0.466 e. The Morgan fingerprint density at radius 1 is 1.38 bits per heavy atom. The molecule has 0 radical (unpaired) electrons. The van der Waals surface area contributed by atoms with Gasteiger partial charge in [0.05, 0.1) is 12.0 Å². The average molecular weight is 226 g/mol. The van der Waals surface area contributed by atoms with Crippen LogP contribution in [-0.2, 0) is 9.53 Å². The maximum Gasteiger partial charge on any atom is 0.312 e. The fourth-order valence-electron chi connectivity index (χ4n) is 3.83. The van der Waals surface area contributed by atoms with Crippen LogP contribution < -0.4 is 0 Å². The van der Waals surface area contributed by atoms with E-state index in [2.05, 4.69) is 0 Å². The van der Waals surface area contributed by atoms with Gasteiger partial charge in [0.1, 0.15) is 0 Å². The highest BCUT2D eigenvalue weighted by Crippen LogP contribution is 2.65. The molecule has 2 bridgehead atoms. The standard InChI is InChI=1S/C13H22O3/c1-2-16-11(15)13-7-3-5-12(9-13,10-13)6-4-8-14/h14H,2-10H2,1H3. The summed E-state index contributed by atoms with van der Waals surface area (Å²) in [6.45, 7) is 2.63. The summed E-state index contributed by atoms with van der Waals surface area (Å²) in [6.07, 6.45) is 7.33. The van der Waals surface area contributed by atoms with Gasteiger partial charge in [-0.1, -0.05) is 6.42 Å². The summed E-state index contributed by atoms with van der Waals surface area (Å²) in [5.41, 5.74) is 0.206. The molecule has 92 valence electrons. The molecule has 3 heteroatoms. The summed E-state index contributed by atoms with van der Waals surface area (Å²) >= 11 is 0. The van der Waals surface area contributed by atoms with Gasteiger partial charge in [-0.15, -0.1) is 0 Å². The van der Waals surface area contributed by atoms with Crippen molar-refractivity contribution in [3.05, 3.63) is 0 Å². The number of fused-ring (bicyclic) bond motifs is 2. The van der Waals surface area contributed by atoms with E-state index in [4.69, 9.17) is 9.84 Å². The Morgan fingerprint density at radius 3 is 2.75 bits per heavy atom. The van der Waals surface area contributed by atoms with Crippen molar-refractivity contribution in [2.45, 2.75) is 51.9 Å². The second-order valence-electron chi connectivity index (χ2n) is 5.54. The number of carbonyl (C=O) groups is 1. The minimum atomic E-state index is -0.149. The summed E-state index contributed by atoms with van der Waals surface area (Å²) in [5.74, 6) is 0.0225. The smallest absolute Gasteiger partial charge is 0.312 e. The number of aliphatic hydroxyl groups is 1. The molecular formula is C13H22O3. The van der Waals surface area contributed by atoms with E-state index < -0.39 is 0 Å². The average Bonchev–Trinajstić information content (AvgIpc) is 2.26. The topological polar surface area (TPSA) is 46.5 Å². The summed E-state index contributed by atoms with van der Waals surface area (Å²) in [5, 5.41) is 8.89. The van der Waals surface area contributed by atoms with E-state index in [-0.39, 0.29) is 18.0 Å². The molecule has 3 nitrogen and oxygen atoms in total. The molecule has 3 fully saturated rings. The van der Waals surface area contributed by atoms with Crippen molar-refractivity contribution in [2.75, 3.05) is 13.2 Å². The molecule has 0 amide bonds. The van der Waals surface area contributed by atoms with Crippen molar-refractivity contribution in [1.29, 1.82) is 0 Å². The van der Waals surface area contributed by atoms with E-state index in [9.17, 15) is 4.79 Å². The van der Waals surface area contributed by atoms with Gasteiger partial charge in [-0.05, 0) is 50.9 Å².